The SMILES string of the molecule is CCOc1ccccc1NC(=O)C(NCc1c(C)nn(-c2ccccc2)c1C)c1ccccc1. The molecule has 0 aliphatic rings. The molecule has 2 N–H and O–H groups in total. The van der Waals surface area contributed by atoms with E-state index in [1.165, 1.54) is 0 Å². The normalized spacial score (nSPS) is 11.7. The lowest BCUT2D eigenvalue weighted by Gasteiger charge is -2.20. The number of anilines is 1. The van der Waals surface area contributed by atoms with Crippen LogP contribution in [0.1, 0.15) is 35.5 Å². The average Bonchev–Trinajstić information content (AvgIpc) is 3.15. The first-order valence-electron chi connectivity index (χ1n) is 11.5. The highest BCUT2D eigenvalue weighted by Crippen LogP contribution is 2.26. The zero-order valence-electron chi connectivity index (χ0n) is 19.8. The third kappa shape index (κ3) is 5.18. The lowest BCUT2D eigenvalue weighted by Crippen LogP contribution is -2.33. The Hall–Kier alpha value is -3.90. The molecule has 0 spiro atoms. The predicted octanol–water partition coefficient (Wildman–Crippen LogP) is 5.36. The first kappa shape index (κ1) is 23.3. The van der Waals surface area contributed by atoms with Crippen molar-refractivity contribution in [1.82, 2.24) is 15.1 Å². The van der Waals surface area contributed by atoms with Crippen LogP contribution in [-0.4, -0.2) is 22.3 Å². The van der Waals surface area contributed by atoms with Crippen molar-refractivity contribution in [3.63, 3.8) is 0 Å². The topological polar surface area (TPSA) is 68.2 Å². The van der Waals surface area contributed by atoms with Crippen LogP contribution in [0.4, 0.5) is 5.69 Å². The Bertz CT molecular complexity index is 1240. The van der Waals surface area contributed by atoms with Gasteiger partial charge in [0, 0.05) is 17.8 Å². The van der Waals surface area contributed by atoms with Crippen LogP contribution in [0.3, 0.4) is 0 Å². The molecule has 174 valence electrons. The molecule has 1 aromatic heterocycles. The van der Waals surface area contributed by atoms with Gasteiger partial charge in [-0.1, -0.05) is 60.7 Å². The molecule has 4 rings (SSSR count). The molecule has 3 aromatic carbocycles. The number of carbonyl (C=O) groups is 1. The van der Waals surface area contributed by atoms with Crippen molar-refractivity contribution in [2.24, 2.45) is 0 Å². The van der Waals surface area contributed by atoms with Gasteiger partial charge in [-0.2, -0.15) is 5.10 Å². The smallest absolute Gasteiger partial charge is 0.246 e. The van der Waals surface area contributed by atoms with Gasteiger partial charge in [-0.25, -0.2) is 4.68 Å². The average molecular weight is 455 g/mol. The molecule has 1 amide bonds. The number of nitrogens with one attached hydrogen (secondary N) is 2. The third-order valence-corrected chi connectivity index (χ3v) is 5.76. The summed E-state index contributed by atoms with van der Waals surface area (Å²) in [4.78, 5) is 13.4. The molecule has 0 aliphatic carbocycles. The number of hydrogen-bond acceptors (Lipinski definition) is 4. The van der Waals surface area contributed by atoms with Crippen molar-refractivity contribution in [3.8, 4) is 11.4 Å². The minimum atomic E-state index is -0.547. The van der Waals surface area contributed by atoms with E-state index in [1.54, 1.807) is 0 Å². The van der Waals surface area contributed by atoms with Crippen molar-refractivity contribution in [2.75, 3.05) is 11.9 Å². The lowest BCUT2D eigenvalue weighted by atomic mass is 10.0. The number of nitrogens with zero attached hydrogens (tertiary/aromatic N) is 2. The van der Waals surface area contributed by atoms with Gasteiger partial charge in [-0.3, -0.25) is 10.1 Å². The number of rotatable bonds is 9. The minimum absolute atomic E-state index is 0.149. The molecule has 1 atom stereocenters. The van der Waals surface area contributed by atoms with Gasteiger partial charge in [0.05, 0.1) is 23.7 Å². The van der Waals surface area contributed by atoms with E-state index in [2.05, 4.69) is 17.6 Å². The van der Waals surface area contributed by atoms with E-state index in [4.69, 9.17) is 9.84 Å². The Kier molecular flexibility index (Phi) is 7.40. The van der Waals surface area contributed by atoms with E-state index >= 15 is 0 Å². The van der Waals surface area contributed by atoms with Crippen LogP contribution in [0.15, 0.2) is 84.9 Å². The molecule has 4 aromatic rings. The van der Waals surface area contributed by atoms with Crippen molar-refractivity contribution in [3.05, 3.63) is 107 Å². The van der Waals surface area contributed by atoms with Gasteiger partial charge in [0.15, 0.2) is 0 Å². The van der Waals surface area contributed by atoms with E-state index < -0.39 is 6.04 Å². The molecule has 0 saturated heterocycles. The fourth-order valence-electron chi connectivity index (χ4n) is 4.02. The molecule has 0 aliphatic heterocycles. The molecule has 0 bridgehead atoms. The van der Waals surface area contributed by atoms with Gasteiger partial charge < -0.3 is 10.1 Å². The maximum absolute atomic E-state index is 13.4. The Labute approximate surface area is 200 Å². The summed E-state index contributed by atoms with van der Waals surface area (Å²) in [6.07, 6.45) is 0. The standard InChI is InChI=1S/C28H30N4O2/c1-4-34-26-18-12-11-17-25(26)30-28(33)27(22-13-7-5-8-14-22)29-19-24-20(2)31-32(21(24)3)23-15-9-6-10-16-23/h5-18,27,29H,4,19H2,1-3H3,(H,30,33). The van der Waals surface area contributed by atoms with Crippen molar-refractivity contribution >= 4 is 11.6 Å². The number of benzene rings is 3. The largest absolute Gasteiger partial charge is 0.492 e. The van der Waals surface area contributed by atoms with Crippen molar-refractivity contribution < 1.29 is 9.53 Å². The summed E-state index contributed by atoms with van der Waals surface area (Å²) in [6, 6.07) is 26.7. The molecule has 0 radical (unpaired) electrons. The molecule has 6 heteroatoms. The lowest BCUT2D eigenvalue weighted by molar-refractivity contribution is -0.118. The summed E-state index contributed by atoms with van der Waals surface area (Å²) in [5, 5.41) is 11.2. The zero-order chi connectivity index (χ0) is 23.9. The van der Waals surface area contributed by atoms with Crippen LogP contribution in [0, 0.1) is 13.8 Å². The van der Waals surface area contributed by atoms with Crippen LogP contribution in [-0.2, 0) is 11.3 Å². The highest BCUT2D eigenvalue weighted by Gasteiger charge is 2.23. The van der Waals surface area contributed by atoms with Gasteiger partial charge in [-0.05, 0) is 50.6 Å². The Morgan fingerprint density at radius 2 is 1.59 bits per heavy atom. The number of carbonyl (C=O) groups excluding carboxylic acids is 1. The first-order valence-corrected chi connectivity index (χ1v) is 11.5. The maximum atomic E-state index is 13.4. The van der Waals surface area contributed by atoms with Gasteiger partial charge >= 0.3 is 0 Å². The van der Waals surface area contributed by atoms with Crippen molar-refractivity contribution in [1.29, 1.82) is 0 Å². The summed E-state index contributed by atoms with van der Waals surface area (Å²) < 4.78 is 7.63. The Morgan fingerprint density at radius 1 is 0.941 bits per heavy atom. The molecule has 34 heavy (non-hydrogen) atoms. The highest BCUT2D eigenvalue weighted by molar-refractivity contribution is 5.96. The summed E-state index contributed by atoms with van der Waals surface area (Å²) >= 11 is 0. The number of amides is 1. The predicted molar refractivity (Wildman–Crippen MR) is 135 cm³/mol. The summed E-state index contributed by atoms with van der Waals surface area (Å²) in [6.45, 7) is 7.01. The zero-order valence-corrected chi connectivity index (χ0v) is 19.8. The Morgan fingerprint density at radius 3 is 2.29 bits per heavy atom. The van der Waals surface area contributed by atoms with E-state index in [1.807, 2.05) is 103 Å². The number of aromatic nitrogens is 2. The molecule has 0 fully saturated rings. The van der Waals surface area contributed by atoms with Gasteiger partial charge in [0.1, 0.15) is 11.8 Å². The van der Waals surface area contributed by atoms with Crippen LogP contribution < -0.4 is 15.4 Å². The second-order valence-corrected chi connectivity index (χ2v) is 8.04. The molecule has 1 heterocycles. The fraction of sp³-hybridized carbons (Fsp3) is 0.214. The fourth-order valence-corrected chi connectivity index (χ4v) is 4.02. The van der Waals surface area contributed by atoms with E-state index in [0.717, 1.165) is 28.2 Å². The third-order valence-electron chi connectivity index (χ3n) is 5.76. The summed E-state index contributed by atoms with van der Waals surface area (Å²) in [7, 11) is 0. The van der Waals surface area contributed by atoms with Crippen LogP contribution in [0.2, 0.25) is 0 Å². The molecule has 6 nitrogen and oxygen atoms in total. The first-order chi connectivity index (χ1) is 16.6. The van der Waals surface area contributed by atoms with E-state index in [9.17, 15) is 4.79 Å². The minimum Gasteiger partial charge on any atom is -0.492 e. The summed E-state index contributed by atoms with van der Waals surface area (Å²) in [5.74, 6) is 0.505. The molecule has 0 saturated carbocycles. The van der Waals surface area contributed by atoms with Crippen LogP contribution >= 0.6 is 0 Å². The van der Waals surface area contributed by atoms with E-state index in [0.29, 0.717) is 24.6 Å². The quantitative estimate of drug-likeness (QED) is 0.357. The number of ether oxygens (including phenoxy) is 1. The summed E-state index contributed by atoms with van der Waals surface area (Å²) in [5.41, 5.74) is 5.61. The van der Waals surface area contributed by atoms with Crippen LogP contribution in [0.25, 0.3) is 5.69 Å². The second kappa shape index (κ2) is 10.8. The van der Waals surface area contributed by atoms with Gasteiger partial charge in [0.2, 0.25) is 5.91 Å². The molecular formula is C28H30N4O2. The number of para-hydroxylation sites is 3. The molecule has 1 unspecified atom stereocenters. The Balaban J connectivity index is 1.58. The van der Waals surface area contributed by atoms with E-state index in [-0.39, 0.29) is 5.91 Å². The number of hydrogen-bond donors (Lipinski definition) is 2. The van der Waals surface area contributed by atoms with Crippen molar-refractivity contribution in [2.45, 2.75) is 33.4 Å². The highest BCUT2D eigenvalue weighted by atomic mass is 16.5. The number of aryl methyl sites for hydroxylation is 1. The second-order valence-electron chi connectivity index (χ2n) is 8.04. The monoisotopic (exact) mass is 454 g/mol. The van der Waals surface area contributed by atoms with Gasteiger partial charge in [0.25, 0.3) is 0 Å². The van der Waals surface area contributed by atoms with Crippen LogP contribution in [0.5, 0.6) is 5.75 Å². The maximum Gasteiger partial charge on any atom is 0.246 e. The molecular weight excluding hydrogens is 424 g/mol. The van der Waals surface area contributed by atoms with Gasteiger partial charge in [-0.15, -0.1) is 0 Å².